The van der Waals surface area contributed by atoms with Crippen molar-refractivity contribution in [3.8, 4) is 0 Å². The van der Waals surface area contributed by atoms with Crippen molar-refractivity contribution < 1.29 is 9.90 Å². The average Bonchev–Trinajstić information content (AvgIpc) is 2.80. The van der Waals surface area contributed by atoms with Gasteiger partial charge >= 0.3 is 0 Å². The van der Waals surface area contributed by atoms with Gasteiger partial charge in [-0.1, -0.05) is 27.2 Å². The Bertz CT molecular complexity index is 528. The molecule has 0 aromatic rings. The predicted octanol–water partition coefficient (Wildman–Crippen LogP) is 5.13. The molecular formula is C22H36O2. The normalized spacial score (nSPS) is 54.1. The van der Waals surface area contributed by atoms with Crippen LogP contribution >= 0.6 is 0 Å². The van der Waals surface area contributed by atoms with Gasteiger partial charge in [-0.15, -0.1) is 0 Å². The largest absolute Gasteiger partial charge is 0.389 e. The summed E-state index contributed by atoms with van der Waals surface area (Å²) in [4.78, 5) is 12.0. The Balaban J connectivity index is 1.62. The maximum Gasteiger partial charge on any atom is 0.133 e. The van der Waals surface area contributed by atoms with Crippen LogP contribution in [-0.4, -0.2) is 16.5 Å². The maximum atomic E-state index is 12.0. The van der Waals surface area contributed by atoms with E-state index in [1.807, 2.05) is 0 Å². The van der Waals surface area contributed by atoms with Gasteiger partial charge in [0.2, 0.25) is 0 Å². The molecule has 24 heavy (non-hydrogen) atoms. The molecule has 0 saturated heterocycles. The molecule has 4 aliphatic carbocycles. The van der Waals surface area contributed by atoms with Gasteiger partial charge in [0.1, 0.15) is 5.78 Å². The summed E-state index contributed by atoms with van der Waals surface area (Å²) < 4.78 is 0. The van der Waals surface area contributed by atoms with Gasteiger partial charge in [-0.25, -0.2) is 0 Å². The molecule has 0 aromatic carbocycles. The van der Waals surface area contributed by atoms with E-state index in [2.05, 4.69) is 20.8 Å². The van der Waals surface area contributed by atoms with E-state index in [9.17, 15) is 9.90 Å². The van der Waals surface area contributed by atoms with Crippen molar-refractivity contribution in [2.24, 2.45) is 34.5 Å². The fraction of sp³-hybridized carbons (Fsp3) is 0.955. The van der Waals surface area contributed by atoms with E-state index in [-0.39, 0.29) is 5.41 Å². The topological polar surface area (TPSA) is 37.3 Å². The first-order chi connectivity index (χ1) is 11.3. The highest BCUT2D eigenvalue weighted by Crippen LogP contribution is 2.68. The molecule has 0 spiro atoms. The van der Waals surface area contributed by atoms with Crippen LogP contribution < -0.4 is 0 Å². The molecule has 1 N–H and O–H groups in total. The van der Waals surface area contributed by atoms with Crippen molar-refractivity contribution >= 4 is 5.78 Å². The molecule has 0 bridgehead atoms. The number of Topliss-reactive ketones (excluding diaryl/α,β-unsaturated/α-hetero) is 1. The van der Waals surface area contributed by atoms with Crippen LogP contribution in [0.15, 0.2) is 0 Å². The van der Waals surface area contributed by atoms with E-state index in [0.29, 0.717) is 23.0 Å². The Morgan fingerprint density at radius 3 is 2.54 bits per heavy atom. The molecule has 0 radical (unpaired) electrons. The standard InChI is InChI=1S/C22H36O2/c1-4-10-22(24)13-9-19-17-6-5-15-14-16(23)7-11-20(15,2)18(17)8-12-21(19,22)3/h15,17-19,24H,4-14H2,1-3H3/t15-,17-,18+,19-,20+,21+,22+/m1/s1. The smallest absolute Gasteiger partial charge is 0.133 e. The third kappa shape index (κ3) is 2.14. The molecule has 2 nitrogen and oxygen atoms in total. The average molecular weight is 333 g/mol. The molecule has 0 amide bonds. The van der Waals surface area contributed by atoms with Crippen LogP contribution in [0.1, 0.15) is 91.4 Å². The van der Waals surface area contributed by atoms with E-state index in [1.54, 1.807) is 0 Å². The van der Waals surface area contributed by atoms with Crippen LogP contribution in [0.25, 0.3) is 0 Å². The van der Waals surface area contributed by atoms with E-state index in [0.717, 1.165) is 50.4 Å². The SMILES string of the molecule is CCC[C@]1(O)CC[C@@H]2[C@@H]3CC[C@@H]4CC(=O)CC[C@]4(C)[C@H]3CC[C@@]21C. The van der Waals surface area contributed by atoms with Gasteiger partial charge in [0, 0.05) is 12.8 Å². The number of rotatable bonds is 2. The summed E-state index contributed by atoms with van der Waals surface area (Å²) in [5, 5.41) is 11.4. The molecule has 4 aliphatic rings. The minimum absolute atomic E-state index is 0.137. The number of hydrogen-bond acceptors (Lipinski definition) is 2. The Hall–Kier alpha value is -0.370. The first-order valence-corrected chi connectivity index (χ1v) is 10.6. The Labute approximate surface area is 147 Å². The fourth-order valence-electron chi connectivity index (χ4n) is 7.98. The van der Waals surface area contributed by atoms with E-state index < -0.39 is 5.60 Å². The lowest BCUT2D eigenvalue weighted by molar-refractivity contribution is -0.158. The molecular weight excluding hydrogens is 296 g/mol. The quantitative estimate of drug-likeness (QED) is 0.761. The van der Waals surface area contributed by atoms with E-state index in [1.165, 1.54) is 32.1 Å². The van der Waals surface area contributed by atoms with Crippen LogP contribution in [0, 0.1) is 34.5 Å². The molecule has 7 atom stereocenters. The van der Waals surface area contributed by atoms with E-state index >= 15 is 0 Å². The zero-order valence-electron chi connectivity index (χ0n) is 15.9. The van der Waals surface area contributed by atoms with Gasteiger partial charge in [0.15, 0.2) is 0 Å². The number of carbonyl (C=O) groups is 1. The maximum absolute atomic E-state index is 12.0. The van der Waals surface area contributed by atoms with Crippen molar-refractivity contribution in [3.63, 3.8) is 0 Å². The van der Waals surface area contributed by atoms with Gasteiger partial charge in [-0.05, 0) is 85.9 Å². The molecule has 4 fully saturated rings. The van der Waals surface area contributed by atoms with Gasteiger partial charge in [-0.3, -0.25) is 4.79 Å². The highest BCUT2D eigenvalue weighted by atomic mass is 16.3. The van der Waals surface area contributed by atoms with Crippen LogP contribution in [0.5, 0.6) is 0 Å². The van der Waals surface area contributed by atoms with Crippen molar-refractivity contribution in [2.45, 2.75) is 97.0 Å². The minimum Gasteiger partial charge on any atom is -0.389 e. The first-order valence-electron chi connectivity index (χ1n) is 10.6. The summed E-state index contributed by atoms with van der Waals surface area (Å²) >= 11 is 0. The third-order valence-electron chi connectivity index (χ3n) is 9.47. The lowest BCUT2D eigenvalue weighted by Crippen LogP contribution is -2.56. The lowest BCUT2D eigenvalue weighted by Gasteiger charge is -2.61. The second-order valence-electron chi connectivity index (χ2n) is 10.2. The summed E-state index contributed by atoms with van der Waals surface area (Å²) in [6.45, 7) is 7.14. The summed E-state index contributed by atoms with van der Waals surface area (Å²) in [7, 11) is 0. The molecule has 0 heterocycles. The van der Waals surface area contributed by atoms with Crippen molar-refractivity contribution in [1.29, 1.82) is 0 Å². The second kappa shape index (κ2) is 5.56. The van der Waals surface area contributed by atoms with Crippen LogP contribution in [0.3, 0.4) is 0 Å². The number of fused-ring (bicyclic) bond motifs is 5. The number of hydrogen-bond donors (Lipinski definition) is 1. The van der Waals surface area contributed by atoms with Crippen LogP contribution in [-0.2, 0) is 4.79 Å². The van der Waals surface area contributed by atoms with Gasteiger partial charge in [0.05, 0.1) is 5.60 Å². The summed E-state index contributed by atoms with van der Waals surface area (Å²) in [5.74, 6) is 3.45. The minimum atomic E-state index is -0.419. The molecule has 4 saturated carbocycles. The monoisotopic (exact) mass is 332 g/mol. The molecule has 0 aromatic heterocycles. The Kier molecular flexibility index (Phi) is 3.95. The van der Waals surface area contributed by atoms with Crippen molar-refractivity contribution in [1.82, 2.24) is 0 Å². The summed E-state index contributed by atoms with van der Waals surface area (Å²) in [5.41, 5.74) is 0.110. The van der Waals surface area contributed by atoms with Crippen LogP contribution in [0.4, 0.5) is 0 Å². The van der Waals surface area contributed by atoms with Gasteiger partial charge in [0.25, 0.3) is 0 Å². The zero-order chi connectivity index (χ0) is 17.2. The second-order valence-corrected chi connectivity index (χ2v) is 10.2. The molecule has 4 rings (SSSR count). The van der Waals surface area contributed by atoms with Gasteiger partial charge in [-0.2, -0.15) is 0 Å². The van der Waals surface area contributed by atoms with Gasteiger partial charge < -0.3 is 5.11 Å². The summed E-state index contributed by atoms with van der Waals surface area (Å²) in [6.07, 6.45) is 12.2. The molecule has 2 heteroatoms. The Morgan fingerprint density at radius 1 is 1.04 bits per heavy atom. The van der Waals surface area contributed by atoms with Crippen molar-refractivity contribution in [3.05, 3.63) is 0 Å². The number of carbonyl (C=O) groups excluding carboxylic acids is 1. The molecule has 0 aliphatic heterocycles. The number of aliphatic hydroxyl groups is 1. The zero-order valence-corrected chi connectivity index (χ0v) is 15.9. The highest BCUT2D eigenvalue weighted by molar-refractivity contribution is 5.79. The fourth-order valence-corrected chi connectivity index (χ4v) is 7.98. The predicted molar refractivity (Wildman–Crippen MR) is 96.6 cm³/mol. The Morgan fingerprint density at radius 2 is 1.79 bits per heavy atom. The summed E-state index contributed by atoms with van der Waals surface area (Å²) in [6, 6.07) is 0. The molecule has 136 valence electrons. The third-order valence-corrected chi connectivity index (χ3v) is 9.47. The first kappa shape index (κ1) is 17.1. The van der Waals surface area contributed by atoms with Crippen LogP contribution in [0.2, 0.25) is 0 Å². The number of ketones is 1. The van der Waals surface area contributed by atoms with E-state index in [4.69, 9.17) is 0 Å². The van der Waals surface area contributed by atoms with Crippen molar-refractivity contribution in [2.75, 3.05) is 0 Å². The molecule has 0 unspecified atom stereocenters. The lowest BCUT2D eigenvalue weighted by atomic mass is 9.44. The highest BCUT2D eigenvalue weighted by Gasteiger charge is 2.64.